The molecule has 6 heterocycles. The van der Waals surface area contributed by atoms with Gasteiger partial charge in [0.05, 0.1) is 27.7 Å². The molecule has 48 heavy (non-hydrogen) atoms. The van der Waals surface area contributed by atoms with E-state index in [1.807, 2.05) is 6.07 Å². The number of nitriles is 1. The van der Waals surface area contributed by atoms with Gasteiger partial charge in [-0.2, -0.15) is 15.2 Å². The molecule has 0 spiro atoms. The van der Waals surface area contributed by atoms with Gasteiger partial charge in [0.1, 0.15) is 40.6 Å². The first kappa shape index (κ1) is 30.1. The third kappa shape index (κ3) is 4.45. The topological polar surface area (TPSA) is 103 Å². The molecular weight excluding hydrogens is 642 g/mol. The van der Waals surface area contributed by atoms with Crippen LogP contribution in [0.5, 0.6) is 6.01 Å². The maximum Gasteiger partial charge on any atom is 0.319 e. The van der Waals surface area contributed by atoms with E-state index < -0.39 is 28.6 Å². The van der Waals surface area contributed by atoms with E-state index in [2.05, 4.69) is 20.1 Å². The molecule has 4 aliphatic heterocycles. The number of hydrogen-bond donors (Lipinski definition) is 2. The Morgan fingerprint density at radius 3 is 2.81 bits per heavy atom. The molecule has 5 aliphatic rings. The number of benzene rings is 2. The molecule has 2 aromatic carbocycles. The molecule has 0 unspecified atom stereocenters. The molecule has 13 heteroatoms. The molecule has 2 bridgehead atoms. The highest BCUT2D eigenvalue weighted by molar-refractivity contribution is 7.23. The molecule has 2 aromatic heterocycles. The molecular formula is C35H33F4N7OS. The molecule has 4 saturated heterocycles. The Morgan fingerprint density at radius 2 is 2.02 bits per heavy atom. The number of halogens is 4. The Bertz CT molecular complexity index is 2090. The molecule has 3 atom stereocenters. The van der Waals surface area contributed by atoms with Gasteiger partial charge in [-0.25, -0.2) is 17.6 Å². The van der Waals surface area contributed by atoms with Crippen LogP contribution >= 0.6 is 11.3 Å². The second-order valence-corrected chi connectivity index (χ2v) is 15.3. The molecule has 5 fully saturated rings. The molecule has 0 radical (unpaired) electrons. The highest BCUT2D eigenvalue weighted by Crippen LogP contribution is 2.49. The Labute approximate surface area is 278 Å². The van der Waals surface area contributed by atoms with Gasteiger partial charge in [0.2, 0.25) is 0 Å². The number of aromatic nitrogens is 2. The summed E-state index contributed by atoms with van der Waals surface area (Å²) in [6, 6.07) is 5.80. The zero-order valence-corrected chi connectivity index (χ0v) is 26.9. The Hall–Kier alpha value is -3.99. The number of anilines is 2. The quantitative estimate of drug-likeness (QED) is 0.221. The summed E-state index contributed by atoms with van der Waals surface area (Å²) in [5.41, 5.74) is 5.69. The van der Waals surface area contributed by atoms with Gasteiger partial charge in [0.25, 0.3) is 0 Å². The van der Waals surface area contributed by atoms with Gasteiger partial charge in [-0.1, -0.05) is 6.07 Å². The molecule has 0 amide bonds. The lowest BCUT2D eigenvalue weighted by molar-refractivity contribution is 0.108. The monoisotopic (exact) mass is 675 g/mol. The van der Waals surface area contributed by atoms with Gasteiger partial charge in [0.15, 0.2) is 5.82 Å². The van der Waals surface area contributed by atoms with Gasteiger partial charge in [0, 0.05) is 42.0 Å². The van der Waals surface area contributed by atoms with Crippen LogP contribution in [0.25, 0.3) is 32.1 Å². The minimum absolute atomic E-state index is 0.0142. The van der Waals surface area contributed by atoms with Crippen LogP contribution in [0.2, 0.25) is 0 Å². The van der Waals surface area contributed by atoms with Gasteiger partial charge in [-0.3, -0.25) is 4.90 Å². The van der Waals surface area contributed by atoms with Crippen LogP contribution in [0.4, 0.5) is 28.4 Å². The number of nitrogens with one attached hydrogen (secondary N) is 1. The summed E-state index contributed by atoms with van der Waals surface area (Å²) >= 11 is 0.864. The van der Waals surface area contributed by atoms with Crippen molar-refractivity contribution in [3.8, 4) is 23.2 Å². The van der Waals surface area contributed by atoms with E-state index in [1.165, 1.54) is 12.1 Å². The SMILES string of the molecule is N#Cc1c(N)sc2c(F)ccc(-c3c(F)cc4c(N5C[C@@H]6CC[C@](C7CC7)(C5)N6)nc(OC[C@@]56CCCN5C/C(=C/F)C6)nc4c3F)c12. The van der Waals surface area contributed by atoms with E-state index in [1.54, 1.807) is 0 Å². The first-order valence-electron chi connectivity index (χ1n) is 16.5. The van der Waals surface area contributed by atoms with Gasteiger partial charge >= 0.3 is 6.01 Å². The zero-order chi connectivity index (χ0) is 32.9. The van der Waals surface area contributed by atoms with E-state index in [0.717, 1.165) is 62.5 Å². The lowest BCUT2D eigenvalue weighted by atomic mass is 9.90. The molecule has 1 aliphatic carbocycles. The second-order valence-electron chi connectivity index (χ2n) is 14.2. The van der Waals surface area contributed by atoms with E-state index in [0.29, 0.717) is 49.7 Å². The summed E-state index contributed by atoms with van der Waals surface area (Å²) in [4.78, 5) is 13.7. The Morgan fingerprint density at radius 1 is 1.17 bits per heavy atom. The van der Waals surface area contributed by atoms with E-state index in [4.69, 9.17) is 15.5 Å². The Balaban J connectivity index is 1.20. The van der Waals surface area contributed by atoms with E-state index >= 15 is 8.78 Å². The highest BCUT2D eigenvalue weighted by Gasteiger charge is 2.53. The number of nitrogens with zero attached hydrogens (tertiary/aromatic N) is 5. The number of thiophene rings is 1. The molecule has 1 saturated carbocycles. The minimum Gasteiger partial charge on any atom is -0.461 e. The van der Waals surface area contributed by atoms with Gasteiger partial charge in [-0.15, -0.1) is 11.3 Å². The van der Waals surface area contributed by atoms with Crippen LogP contribution < -0.4 is 20.7 Å². The van der Waals surface area contributed by atoms with Crippen molar-refractivity contribution in [1.29, 1.82) is 5.26 Å². The molecule has 4 aromatic rings. The first-order valence-corrected chi connectivity index (χ1v) is 17.3. The van der Waals surface area contributed by atoms with Gasteiger partial charge in [-0.05, 0) is 80.7 Å². The van der Waals surface area contributed by atoms with Crippen molar-refractivity contribution in [2.75, 3.05) is 43.4 Å². The number of rotatable bonds is 6. The molecule has 3 N–H and O–H groups in total. The van der Waals surface area contributed by atoms with Crippen molar-refractivity contribution in [2.45, 2.75) is 62.1 Å². The maximum atomic E-state index is 17.0. The van der Waals surface area contributed by atoms with Gasteiger partial charge < -0.3 is 20.7 Å². The largest absolute Gasteiger partial charge is 0.461 e. The average Bonchev–Trinajstić information content (AvgIpc) is 3.53. The molecule has 248 valence electrons. The van der Waals surface area contributed by atoms with Crippen LogP contribution in [0.3, 0.4) is 0 Å². The maximum absolute atomic E-state index is 17.0. The molecule has 8 nitrogen and oxygen atoms in total. The number of piperazine rings is 1. The number of hydrogen-bond acceptors (Lipinski definition) is 9. The summed E-state index contributed by atoms with van der Waals surface area (Å²) in [6.07, 6.45) is 7.34. The normalized spacial score (nSPS) is 27.8. The summed E-state index contributed by atoms with van der Waals surface area (Å²) in [6.45, 7) is 2.82. The lowest BCUT2D eigenvalue weighted by Gasteiger charge is -2.42. The number of nitrogen functional groups attached to an aromatic ring is 1. The highest BCUT2D eigenvalue weighted by atomic mass is 32.1. The Kier molecular flexibility index (Phi) is 6.74. The third-order valence-corrected chi connectivity index (χ3v) is 12.4. The third-order valence-electron chi connectivity index (χ3n) is 11.4. The van der Waals surface area contributed by atoms with Crippen LogP contribution in [0, 0.1) is 34.7 Å². The van der Waals surface area contributed by atoms with E-state index in [-0.39, 0.29) is 61.3 Å². The van der Waals surface area contributed by atoms with Crippen molar-refractivity contribution < 1.29 is 22.3 Å². The fourth-order valence-corrected chi connectivity index (χ4v) is 9.99. The van der Waals surface area contributed by atoms with Crippen molar-refractivity contribution in [2.24, 2.45) is 5.92 Å². The standard InChI is InChI=1S/C35H33F4N7OS/c36-12-18-11-34(7-1-9-46(34)14-18)17-47-33-42-29-22(32(43-33)45-15-20-6-8-35(16-45,44-20)19-2-3-19)10-25(38)27(28(29)39)21-4-5-24(37)30-26(21)23(13-40)31(41)48-30/h4-5,10,12,19-20,44H,1-3,6-9,11,14-17,41H2/b18-12+/t20-,34-,35+/m0/s1. The van der Waals surface area contributed by atoms with Crippen LogP contribution in [-0.2, 0) is 0 Å². The fraction of sp³-hybridized carbons (Fsp3) is 0.457. The predicted molar refractivity (Wildman–Crippen MR) is 176 cm³/mol. The van der Waals surface area contributed by atoms with Crippen molar-refractivity contribution >= 4 is 43.1 Å². The first-order chi connectivity index (χ1) is 23.2. The fourth-order valence-electron chi connectivity index (χ4n) is 9.04. The average molecular weight is 676 g/mol. The van der Waals surface area contributed by atoms with Crippen molar-refractivity contribution in [3.05, 3.63) is 53.1 Å². The predicted octanol–water partition coefficient (Wildman–Crippen LogP) is 6.57. The minimum atomic E-state index is -0.959. The number of fused-ring (bicyclic) bond motifs is 5. The number of ether oxygens (including phenoxy) is 1. The summed E-state index contributed by atoms with van der Waals surface area (Å²) in [7, 11) is 0. The zero-order valence-electron chi connectivity index (χ0n) is 26.1. The van der Waals surface area contributed by atoms with Crippen LogP contribution in [-0.4, -0.2) is 64.8 Å². The smallest absolute Gasteiger partial charge is 0.319 e. The summed E-state index contributed by atoms with van der Waals surface area (Å²) in [5, 5.41) is 14.0. The van der Waals surface area contributed by atoms with E-state index in [9.17, 15) is 14.0 Å². The second kappa shape index (κ2) is 10.8. The van der Waals surface area contributed by atoms with Crippen molar-refractivity contribution in [1.82, 2.24) is 20.2 Å². The molecule has 9 rings (SSSR count). The van der Waals surface area contributed by atoms with Crippen LogP contribution in [0.1, 0.15) is 50.5 Å². The number of nitrogens with two attached hydrogens (primary N) is 1. The van der Waals surface area contributed by atoms with Crippen LogP contribution in [0.15, 0.2) is 30.1 Å². The summed E-state index contributed by atoms with van der Waals surface area (Å²) in [5.74, 6) is -1.53. The van der Waals surface area contributed by atoms with Crippen molar-refractivity contribution in [3.63, 3.8) is 0 Å². The lowest BCUT2D eigenvalue weighted by Crippen LogP contribution is -2.61. The summed E-state index contributed by atoms with van der Waals surface area (Å²) < 4.78 is 68.1.